The molecule has 1 nitrogen and oxygen atoms in total. The molecule has 0 spiro atoms. The third kappa shape index (κ3) is 2.36. The molecule has 0 unspecified atom stereocenters. The number of benzene rings is 2. The van der Waals surface area contributed by atoms with Gasteiger partial charge < -0.3 is 5.32 Å². The van der Waals surface area contributed by atoms with E-state index in [0.717, 1.165) is 25.1 Å². The van der Waals surface area contributed by atoms with E-state index in [0.29, 0.717) is 0 Å². The van der Waals surface area contributed by atoms with Crippen LogP contribution in [0.5, 0.6) is 0 Å². The van der Waals surface area contributed by atoms with E-state index in [1.54, 1.807) is 6.07 Å². The van der Waals surface area contributed by atoms with Gasteiger partial charge in [0.1, 0.15) is 5.82 Å². The topological polar surface area (TPSA) is 12.0 Å². The van der Waals surface area contributed by atoms with Crippen molar-refractivity contribution in [2.24, 2.45) is 0 Å². The summed E-state index contributed by atoms with van der Waals surface area (Å²) in [5.41, 5.74) is 5.03. The average molecular weight is 269 g/mol. The maximum Gasteiger partial charge on any atom is 0.123 e. The number of rotatable bonds is 3. The van der Waals surface area contributed by atoms with Gasteiger partial charge in [0, 0.05) is 18.5 Å². The fraction of sp³-hybridized carbons (Fsp3) is 0.333. The molecule has 104 valence electrons. The van der Waals surface area contributed by atoms with E-state index in [9.17, 15) is 4.39 Å². The fourth-order valence-corrected chi connectivity index (χ4v) is 2.96. The van der Waals surface area contributed by atoms with Gasteiger partial charge in [-0.25, -0.2) is 4.39 Å². The highest BCUT2D eigenvalue weighted by Gasteiger charge is 2.38. The molecule has 1 aliphatic rings. The maximum atomic E-state index is 13.5. The molecule has 0 atom stereocenters. The molecule has 0 aliphatic carbocycles. The maximum absolute atomic E-state index is 13.5. The van der Waals surface area contributed by atoms with Crippen molar-refractivity contribution in [2.45, 2.75) is 25.7 Å². The van der Waals surface area contributed by atoms with Crippen molar-refractivity contribution >= 4 is 0 Å². The molecule has 0 bridgehead atoms. The first-order chi connectivity index (χ1) is 9.59. The number of aryl methyl sites for hydroxylation is 2. The average Bonchev–Trinajstić information content (AvgIpc) is 2.39. The van der Waals surface area contributed by atoms with Crippen molar-refractivity contribution in [1.82, 2.24) is 5.32 Å². The lowest BCUT2D eigenvalue weighted by molar-refractivity contribution is 0.274. The SMILES string of the molecule is Cc1ccc(C2(Cc3cc(F)ccc3C)CNC2)cc1. The van der Waals surface area contributed by atoms with Gasteiger partial charge in [0.25, 0.3) is 0 Å². The Morgan fingerprint density at radius 3 is 2.35 bits per heavy atom. The third-order valence-corrected chi connectivity index (χ3v) is 4.43. The Morgan fingerprint density at radius 1 is 1.05 bits per heavy atom. The lowest BCUT2D eigenvalue weighted by Gasteiger charge is -2.44. The zero-order valence-corrected chi connectivity index (χ0v) is 12.0. The van der Waals surface area contributed by atoms with Crippen LogP contribution in [-0.2, 0) is 11.8 Å². The summed E-state index contributed by atoms with van der Waals surface area (Å²) >= 11 is 0. The molecule has 2 aromatic rings. The molecule has 0 aromatic heterocycles. The lowest BCUT2D eigenvalue weighted by atomic mass is 9.70. The van der Waals surface area contributed by atoms with Crippen LogP contribution in [0.25, 0.3) is 0 Å². The Kier molecular flexibility index (Phi) is 3.35. The first kappa shape index (κ1) is 13.3. The number of hydrogen-bond acceptors (Lipinski definition) is 1. The van der Waals surface area contributed by atoms with Crippen molar-refractivity contribution in [2.75, 3.05) is 13.1 Å². The zero-order valence-electron chi connectivity index (χ0n) is 12.0. The molecule has 2 aromatic carbocycles. The molecule has 0 amide bonds. The van der Waals surface area contributed by atoms with E-state index in [1.165, 1.54) is 22.8 Å². The summed E-state index contributed by atoms with van der Waals surface area (Å²) in [4.78, 5) is 0. The predicted octanol–water partition coefficient (Wildman–Crippen LogP) is 3.53. The Labute approximate surface area is 119 Å². The zero-order chi connectivity index (χ0) is 14.2. The van der Waals surface area contributed by atoms with Crippen LogP contribution >= 0.6 is 0 Å². The number of nitrogens with one attached hydrogen (secondary N) is 1. The van der Waals surface area contributed by atoms with Gasteiger partial charge in [0.15, 0.2) is 0 Å². The minimum absolute atomic E-state index is 0.117. The molecule has 20 heavy (non-hydrogen) atoms. The summed E-state index contributed by atoms with van der Waals surface area (Å²) in [5, 5.41) is 3.38. The molecular weight excluding hydrogens is 249 g/mol. The van der Waals surface area contributed by atoms with Crippen LogP contribution in [-0.4, -0.2) is 13.1 Å². The second-order valence-corrected chi connectivity index (χ2v) is 6.00. The molecule has 1 aliphatic heterocycles. The van der Waals surface area contributed by atoms with Crippen LogP contribution in [0.1, 0.15) is 22.3 Å². The van der Waals surface area contributed by atoms with Gasteiger partial charge in [0.05, 0.1) is 0 Å². The minimum atomic E-state index is -0.142. The summed E-state index contributed by atoms with van der Waals surface area (Å²) in [6, 6.07) is 13.8. The fourth-order valence-electron chi connectivity index (χ4n) is 2.96. The van der Waals surface area contributed by atoms with Crippen LogP contribution in [0.2, 0.25) is 0 Å². The Bertz CT molecular complexity index is 612. The van der Waals surface area contributed by atoms with Crippen molar-refractivity contribution in [1.29, 1.82) is 0 Å². The van der Waals surface area contributed by atoms with Gasteiger partial charge in [-0.2, -0.15) is 0 Å². The molecule has 1 N–H and O–H groups in total. The van der Waals surface area contributed by atoms with Crippen LogP contribution in [0.4, 0.5) is 4.39 Å². The molecular formula is C18H20FN. The number of halogens is 1. The van der Waals surface area contributed by atoms with Gasteiger partial charge in [0.2, 0.25) is 0 Å². The van der Waals surface area contributed by atoms with Crippen molar-refractivity contribution < 1.29 is 4.39 Å². The van der Waals surface area contributed by atoms with Gasteiger partial charge in [-0.15, -0.1) is 0 Å². The molecule has 1 fully saturated rings. The van der Waals surface area contributed by atoms with Crippen molar-refractivity contribution in [3.05, 3.63) is 70.5 Å². The normalized spacial score (nSPS) is 16.8. The first-order valence-corrected chi connectivity index (χ1v) is 7.12. The van der Waals surface area contributed by atoms with E-state index < -0.39 is 0 Å². The van der Waals surface area contributed by atoms with Crippen molar-refractivity contribution in [3.8, 4) is 0 Å². The summed E-state index contributed by atoms with van der Waals surface area (Å²) in [5.74, 6) is -0.142. The monoisotopic (exact) mass is 269 g/mol. The minimum Gasteiger partial charge on any atom is -0.315 e. The summed E-state index contributed by atoms with van der Waals surface area (Å²) in [6.45, 7) is 6.09. The standard InChI is InChI=1S/C18H20FN/c1-13-3-6-16(7-4-13)18(11-20-12-18)10-15-9-17(19)8-5-14(15)2/h3-9,20H,10-12H2,1-2H3. The van der Waals surface area contributed by atoms with Gasteiger partial charge in [-0.1, -0.05) is 35.9 Å². The smallest absolute Gasteiger partial charge is 0.123 e. The predicted molar refractivity (Wildman–Crippen MR) is 80.6 cm³/mol. The molecule has 0 radical (unpaired) electrons. The summed E-state index contributed by atoms with van der Waals surface area (Å²) in [7, 11) is 0. The van der Waals surface area contributed by atoms with Crippen LogP contribution < -0.4 is 5.32 Å². The van der Waals surface area contributed by atoms with E-state index in [1.807, 2.05) is 6.07 Å². The Balaban J connectivity index is 1.93. The highest BCUT2D eigenvalue weighted by Crippen LogP contribution is 2.33. The first-order valence-electron chi connectivity index (χ1n) is 7.12. The summed E-state index contributed by atoms with van der Waals surface area (Å²) in [6.07, 6.45) is 0.895. The number of hydrogen-bond donors (Lipinski definition) is 1. The molecule has 3 rings (SSSR count). The molecule has 0 saturated carbocycles. The Hall–Kier alpha value is -1.67. The highest BCUT2D eigenvalue weighted by molar-refractivity contribution is 5.37. The Morgan fingerprint density at radius 2 is 1.75 bits per heavy atom. The second-order valence-electron chi connectivity index (χ2n) is 6.00. The van der Waals surface area contributed by atoms with E-state index >= 15 is 0 Å². The van der Waals surface area contributed by atoms with Gasteiger partial charge in [-0.3, -0.25) is 0 Å². The van der Waals surface area contributed by atoms with E-state index in [4.69, 9.17) is 0 Å². The quantitative estimate of drug-likeness (QED) is 0.899. The van der Waals surface area contributed by atoms with E-state index in [-0.39, 0.29) is 11.2 Å². The van der Waals surface area contributed by atoms with Gasteiger partial charge in [-0.05, 0) is 49.1 Å². The molecule has 2 heteroatoms. The lowest BCUT2D eigenvalue weighted by Crippen LogP contribution is -2.58. The van der Waals surface area contributed by atoms with Crippen LogP contribution in [0.3, 0.4) is 0 Å². The van der Waals surface area contributed by atoms with Crippen molar-refractivity contribution in [3.63, 3.8) is 0 Å². The second kappa shape index (κ2) is 5.02. The van der Waals surface area contributed by atoms with E-state index in [2.05, 4.69) is 43.4 Å². The molecule has 1 heterocycles. The van der Waals surface area contributed by atoms with Gasteiger partial charge >= 0.3 is 0 Å². The van der Waals surface area contributed by atoms with Crippen LogP contribution in [0.15, 0.2) is 42.5 Å². The molecule has 1 saturated heterocycles. The third-order valence-electron chi connectivity index (χ3n) is 4.43. The summed E-state index contributed by atoms with van der Waals surface area (Å²) < 4.78 is 13.5. The largest absolute Gasteiger partial charge is 0.315 e. The highest BCUT2D eigenvalue weighted by atomic mass is 19.1. The van der Waals surface area contributed by atoms with Crippen LogP contribution in [0, 0.1) is 19.7 Å².